The van der Waals surface area contributed by atoms with Crippen LogP contribution in [-0.4, -0.2) is 12.3 Å². The number of hydrogen-bond acceptors (Lipinski definition) is 2. The summed E-state index contributed by atoms with van der Waals surface area (Å²) in [5.74, 6) is 0.658. The molecule has 0 atom stereocenters. The first-order chi connectivity index (χ1) is 5.70. The molecule has 0 aromatic rings. The molecule has 0 unspecified atom stereocenters. The van der Waals surface area contributed by atoms with Crippen LogP contribution in [-0.2, 0) is 4.74 Å². The first-order valence-electron chi connectivity index (χ1n) is 4.19. The summed E-state index contributed by atoms with van der Waals surface area (Å²) < 4.78 is 5.40. The van der Waals surface area contributed by atoms with Gasteiger partial charge < -0.3 is 4.74 Å². The molecule has 0 aromatic heterocycles. The molecule has 12 heavy (non-hydrogen) atoms. The monoisotopic (exact) mass is 167 g/mol. The van der Waals surface area contributed by atoms with Gasteiger partial charge in [0.05, 0.1) is 6.10 Å². The average Bonchev–Trinajstić information content (AvgIpc) is 2.00. The average molecular weight is 167 g/mol. The van der Waals surface area contributed by atoms with Crippen LogP contribution in [0.1, 0.15) is 27.7 Å². The Morgan fingerprint density at radius 1 is 1.33 bits per heavy atom. The summed E-state index contributed by atoms with van der Waals surface area (Å²) in [6, 6.07) is 0. The molecule has 68 valence electrons. The van der Waals surface area contributed by atoms with Gasteiger partial charge in [-0.05, 0) is 33.8 Å². The Morgan fingerprint density at radius 3 is 2.42 bits per heavy atom. The van der Waals surface area contributed by atoms with Gasteiger partial charge >= 0.3 is 0 Å². The lowest BCUT2D eigenvalue weighted by molar-refractivity contribution is 0.146. The second-order valence-corrected chi connectivity index (χ2v) is 2.58. The van der Waals surface area contributed by atoms with E-state index in [2.05, 4.69) is 4.99 Å². The Kier molecular flexibility index (Phi) is 6.07. The quantitative estimate of drug-likeness (QED) is 0.358. The van der Waals surface area contributed by atoms with Gasteiger partial charge in [0, 0.05) is 6.21 Å². The van der Waals surface area contributed by atoms with Crippen LogP contribution in [0.4, 0.5) is 0 Å². The molecule has 0 amide bonds. The maximum atomic E-state index is 5.40. The van der Waals surface area contributed by atoms with Crippen molar-refractivity contribution < 1.29 is 4.74 Å². The molecule has 0 aromatic carbocycles. The highest BCUT2D eigenvalue weighted by Gasteiger charge is 1.95. The topological polar surface area (TPSA) is 21.6 Å². The van der Waals surface area contributed by atoms with Crippen LogP contribution in [0.25, 0.3) is 0 Å². The zero-order valence-corrected chi connectivity index (χ0v) is 8.24. The zero-order chi connectivity index (χ0) is 9.40. The normalized spacial score (nSPS) is 13.6. The van der Waals surface area contributed by atoms with Gasteiger partial charge in [-0.25, -0.2) is 4.99 Å². The van der Waals surface area contributed by atoms with E-state index in [-0.39, 0.29) is 6.10 Å². The molecule has 2 heteroatoms. The predicted molar refractivity (Wildman–Crippen MR) is 53.3 cm³/mol. The highest BCUT2D eigenvalue weighted by molar-refractivity contribution is 5.54. The van der Waals surface area contributed by atoms with Crippen molar-refractivity contribution >= 4 is 6.21 Å². The van der Waals surface area contributed by atoms with Gasteiger partial charge in [0.1, 0.15) is 0 Å². The molecule has 0 saturated carbocycles. The molecule has 0 heterocycles. The molecule has 2 nitrogen and oxygen atoms in total. The SMILES string of the molecule is C\C=N/C(=C\C=C\C)OC(C)C. The van der Waals surface area contributed by atoms with Crippen LogP contribution in [0.5, 0.6) is 0 Å². The molecular weight excluding hydrogens is 150 g/mol. The van der Waals surface area contributed by atoms with Gasteiger partial charge in [-0.1, -0.05) is 12.2 Å². The number of nitrogens with zero attached hydrogens (tertiary/aromatic N) is 1. The molecule has 0 radical (unpaired) electrons. The van der Waals surface area contributed by atoms with E-state index in [1.807, 2.05) is 45.9 Å². The minimum atomic E-state index is 0.171. The first kappa shape index (κ1) is 11.0. The highest BCUT2D eigenvalue weighted by Crippen LogP contribution is 2.03. The number of allylic oxidation sites excluding steroid dienone is 3. The van der Waals surface area contributed by atoms with Crippen molar-refractivity contribution in [1.82, 2.24) is 0 Å². The summed E-state index contributed by atoms with van der Waals surface area (Å²) in [4.78, 5) is 4.06. The van der Waals surface area contributed by atoms with E-state index >= 15 is 0 Å². The van der Waals surface area contributed by atoms with E-state index < -0.39 is 0 Å². The fourth-order valence-corrected chi connectivity index (χ4v) is 0.660. The third-order valence-corrected chi connectivity index (χ3v) is 1.04. The summed E-state index contributed by atoms with van der Waals surface area (Å²) in [6.45, 7) is 7.79. The molecular formula is C10H17NO. The van der Waals surface area contributed by atoms with Crippen LogP contribution < -0.4 is 0 Å². The van der Waals surface area contributed by atoms with Crippen molar-refractivity contribution in [3.63, 3.8) is 0 Å². The van der Waals surface area contributed by atoms with E-state index in [0.29, 0.717) is 5.88 Å². The van der Waals surface area contributed by atoms with Gasteiger partial charge in [-0.2, -0.15) is 0 Å². The lowest BCUT2D eigenvalue weighted by Crippen LogP contribution is -2.00. The van der Waals surface area contributed by atoms with Crippen LogP contribution in [0, 0.1) is 0 Å². The third-order valence-electron chi connectivity index (χ3n) is 1.04. The minimum Gasteiger partial charge on any atom is -0.475 e. The van der Waals surface area contributed by atoms with Gasteiger partial charge in [-0.15, -0.1) is 0 Å². The molecule has 0 spiro atoms. The number of ether oxygens (including phenoxy) is 1. The van der Waals surface area contributed by atoms with Gasteiger partial charge in [0.2, 0.25) is 5.88 Å². The lowest BCUT2D eigenvalue weighted by atomic mass is 10.4. The molecule has 0 aliphatic heterocycles. The summed E-state index contributed by atoms with van der Waals surface area (Å²) in [7, 11) is 0. The molecule has 0 aliphatic carbocycles. The fourth-order valence-electron chi connectivity index (χ4n) is 0.660. The summed E-state index contributed by atoms with van der Waals surface area (Å²) in [5.41, 5.74) is 0. The maximum Gasteiger partial charge on any atom is 0.213 e. The van der Waals surface area contributed by atoms with Crippen LogP contribution in [0.2, 0.25) is 0 Å². The fraction of sp³-hybridized carbons (Fsp3) is 0.500. The molecule has 0 bridgehead atoms. The van der Waals surface area contributed by atoms with E-state index in [4.69, 9.17) is 4.74 Å². The third kappa shape index (κ3) is 5.71. The lowest BCUT2D eigenvalue weighted by Gasteiger charge is -2.08. The summed E-state index contributed by atoms with van der Waals surface area (Å²) in [5, 5.41) is 0. The van der Waals surface area contributed by atoms with Gasteiger partial charge in [0.25, 0.3) is 0 Å². The molecule has 0 rings (SSSR count). The predicted octanol–water partition coefficient (Wildman–Crippen LogP) is 2.92. The van der Waals surface area contributed by atoms with Gasteiger partial charge in [0.15, 0.2) is 0 Å². The largest absolute Gasteiger partial charge is 0.475 e. The Hall–Kier alpha value is -1.05. The number of hydrogen-bond donors (Lipinski definition) is 0. The van der Waals surface area contributed by atoms with E-state index in [9.17, 15) is 0 Å². The Bertz CT molecular complexity index is 190. The molecule has 0 aliphatic rings. The van der Waals surface area contributed by atoms with E-state index in [1.54, 1.807) is 6.21 Å². The van der Waals surface area contributed by atoms with Crippen molar-refractivity contribution in [2.75, 3.05) is 0 Å². The standard InChI is InChI=1S/C10H17NO/c1-5-7-8-10(11-6-2)12-9(3)4/h5-9H,1-4H3/b7-5+,10-8+,11-6-. The highest BCUT2D eigenvalue weighted by atomic mass is 16.5. The second kappa shape index (κ2) is 6.65. The van der Waals surface area contributed by atoms with E-state index in [0.717, 1.165) is 0 Å². The summed E-state index contributed by atoms with van der Waals surface area (Å²) in [6.07, 6.45) is 7.59. The van der Waals surface area contributed by atoms with Crippen molar-refractivity contribution in [3.8, 4) is 0 Å². The summed E-state index contributed by atoms with van der Waals surface area (Å²) >= 11 is 0. The molecule has 0 N–H and O–H groups in total. The van der Waals surface area contributed by atoms with Gasteiger partial charge in [-0.3, -0.25) is 0 Å². The van der Waals surface area contributed by atoms with E-state index in [1.165, 1.54) is 0 Å². The van der Waals surface area contributed by atoms with Crippen molar-refractivity contribution in [2.24, 2.45) is 4.99 Å². The van der Waals surface area contributed by atoms with Crippen LogP contribution >= 0.6 is 0 Å². The van der Waals surface area contributed by atoms with Crippen molar-refractivity contribution in [1.29, 1.82) is 0 Å². The number of rotatable bonds is 4. The Balaban J connectivity index is 4.22. The van der Waals surface area contributed by atoms with Crippen LogP contribution in [0.15, 0.2) is 29.1 Å². The van der Waals surface area contributed by atoms with Crippen LogP contribution in [0.3, 0.4) is 0 Å². The maximum absolute atomic E-state index is 5.40. The van der Waals surface area contributed by atoms with Crippen molar-refractivity contribution in [2.45, 2.75) is 33.8 Å². The minimum absolute atomic E-state index is 0.171. The Morgan fingerprint density at radius 2 is 2.00 bits per heavy atom. The number of aliphatic imine (C=N–C) groups is 1. The van der Waals surface area contributed by atoms with Crippen molar-refractivity contribution in [3.05, 3.63) is 24.1 Å². The smallest absolute Gasteiger partial charge is 0.213 e. The first-order valence-corrected chi connectivity index (χ1v) is 4.19. The second-order valence-electron chi connectivity index (χ2n) is 2.58. The Labute approximate surface area is 74.7 Å². The molecule has 0 saturated heterocycles. The molecule has 0 fully saturated rings. The zero-order valence-electron chi connectivity index (χ0n) is 8.24.